The van der Waals surface area contributed by atoms with E-state index >= 15 is 0 Å². The van der Waals surface area contributed by atoms with Crippen LogP contribution in [0.15, 0.2) is 12.1 Å². The standard InChI is InChI=1S/C12H18N4O/c1-8-5-9(11(13)17)6-10(15-8)16-12(2)3-4-14-7-12/h5-6,14H,3-4,7H2,1-2H3,(H2,13,17)(H,15,16). The maximum atomic E-state index is 11.2. The van der Waals surface area contributed by atoms with Crippen molar-refractivity contribution in [3.63, 3.8) is 0 Å². The molecule has 1 unspecified atom stereocenters. The third-order valence-corrected chi connectivity index (χ3v) is 3.04. The molecule has 1 aromatic rings. The monoisotopic (exact) mass is 234 g/mol. The van der Waals surface area contributed by atoms with Crippen LogP contribution in [0.25, 0.3) is 0 Å². The molecule has 1 amide bonds. The van der Waals surface area contributed by atoms with E-state index in [2.05, 4.69) is 22.5 Å². The zero-order valence-electron chi connectivity index (χ0n) is 10.2. The predicted octanol–water partition coefficient (Wildman–Crippen LogP) is 0.653. The number of nitrogens with zero attached hydrogens (tertiary/aromatic N) is 1. The van der Waals surface area contributed by atoms with Crippen LogP contribution in [0.1, 0.15) is 29.4 Å². The Balaban J connectivity index is 2.23. The van der Waals surface area contributed by atoms with E-state index in [1.807, 2.05) is 6.92 Å². The molecule has 17 heavy (non-hydrogen) atoms. The zero-order chi connectivity index (χ0) is 12.5. The highest BCUT2D eigenvalue weighted by molar-refractivity contribution is 5.93. The Kier molecular flexibility index (Phi) is 3.02. The first-order chi connectivity index (χ1) is 7.98. The molecule has 0 aliphatic carbocycles. The second-order valence-electron chi connectivity index (χ2n) is 4.86. The number of carbonyl (C=O) groups excluding carboxylic acids is 1. The number of carbonyl (C=O) groups is 1. The SMILES string of the molecule is Cc1cc(C(N)=O)cc(NC2(C)CCNC2)n1. The third-order valence-electron chi connectivity index (χ3n) is 3.04. The molecule has 0 saturated carbocycles. The number of pyridine rings is 1. The van der Waals surface area contributed by atoms with Crippen LogP contribution in [-0.4, -0.2) is 29.5 Å². The summed E-state index contributed by atoms with van der Waals surface area (Å²) >= 11 is 0. The average Bonchev–Trinajstić information content (AvgIpc) is 2.63. The van der Waals surface area contributed by atoms with Gasteiger partial charge < -0.3 is 16.4 Å². The summed E-state index contributed by atoms with van der Waals surface area (Å²) in [5, 5.41) is 6.68. The van der Waals surface area contributed by atoms with E-state index in [1.165, 1.54) is 0 Å². The van der Waals surface area contributed by atoms with E-state index in [1.54, 1.807) is 12.1 Å². The van der Waals surface area contributed by atoms with Gasteiger partial charge in [-0.2, -0.15) is 0 Å². The van der Waals surface area contributed by atoms with Gasteiger partial charge in [0.25, 0.3) is 0 Å². The summed E-state index contributed by atoms with van der Waals surface area (Å²) in [7, 11) is 0. The van der Waals surface area contributed by atoms with Gasteiger partial charge in [-0.25, -0.2) is 4.98 Å². The fourth-order valence-electron chi connectivity index (χ4n) is 2.11. The molecule has 1 atom stereocenters. The van der Waals surface area contributed by atoms with Crippen molar-refractivity contribution in [3.8, 4) is 0 Å². The van der Waals surface area contributed by atoms with Crippen molar-refractivity contribution in [3.05, 3.63) is 23.4 Å². The van der Waals surface area contributed by atoms with Crippen LogP contribution < -0.4 is 16.4 Å². The Bertz CT molecular complexity index is 438. The van der Waals surface area contributed by atoms with Crippen molar-refractivity contribution in [2.45, 2.75) is 25.8 Å². The van der Waals surface area contributed by atoms with Crippen molar-refractivity contribution >= 4 is 11.7 Å². The molecule has 1 aliphatic heterocycles. The number of hydrogen-bond donors (Lipinski definition) is 3. The lowest BCUT2D eigenvalue weighted by atomic mass is 10.0. The van der Waals surface area contributed by atoms with Crippen LogP contribution in [0.5, 0.6) is 0 Å². The van der Waals surface area contributed by atoms with Crippen LogP contribution in [0.4, 0.5) is 5.82 Å². The summed E-state index contributed by atoms with van der Waals surface area (Å²) in [5.41, 5.74) is 6.57. The molecule has 2 rings (SSSR count). The third kappa shape index (κ3) is 2.74. The first-order valence-corrected chi connectivity index (χ1v) is 5.76. The molecule has 0 spiro atoms. The van der Waals surface area contributed by atoms with Gasteiger partial charge in [0, 0.05) is 23.3 Å². The highest BCUT2D eigenvalue weighted by Crippen LogP contribution is 2.20. The van der Waals surface area contributed by atoms with Gasteiger partial charge in [-0.1, -0.05) is 0 Å². The fourth-order valence-corrected chi connectivity index (χ4v) is 2.11. The number of aromatic nitrogens is 1. The number of aryl methyl sites for hydroxylation is 1. The molecule has 1 aromatic heterocycles. The Morgan fingerprint density at radius 2 is 2.35 bits per heavy atom. The van der Waals surface area contributed by atoms with Gasteiger partial charge in [-0.3, -0.25) is 4.79 Å². The minimum absolute atomic E-state index is 0.00426. The number of anilines is 1. The topological polar surface area (TPSA) is 80.0 Å². The molecular formula is C12H18N4O. The summed E-state index contributed by atoms with van der Waals surface area (Å²) in [6.07, 6.45) is 1.04. The molecule has 1 aliphatic rings. The maximum Gasteiger partial charge on any atom is 0.248 e. The van der Waals surface area contributed by atoms with Crippen LogP contribution in [-0.2, 0) is 0 Å². The van der Waals surface area contributed by atoms with Gasteiger partial charge in [0.05, 0.1) is 0 Å². The van der Waals surface area contributed by atoms with Gasteiger partial charge >= 0.3 is 0 Å². The second kappa shape index (κ2) is 4.33. The lowest BCUT2D eigenvalue weighted by Gasteiger charge is -2.25. The Labute approximate surface area is 101 Å². The number of rotatable bonds is 3. The Morgan fingerprint density at radius 1 is 1.59 bits per heavy atom. The summed E-state index contributed by atoms with van der Waals surface area (Å²) in [6.45, 7) is 5.89. The van der Waals surface area contributed by atoms with Crippen LogP contribution in [0.3, 0.4) is 0 Å². The molecular weight excluding hydrogens is 216 g/mol. The molecule has 0 radical (unpaired) electrons. The Hall–Kier alpha value is -1.62. The van der Waals surface area contributed by atoms with E-state index in [4.69, 9.17) is 5.73 Å². The van der Waals surface area contributed by atoms with E-state index in [-0.39, 0.29) is 5.54 Å². The molecule has 5 heteroatoms. The van der Waals surface area contributed by atoms with Crippen molar-refractivity contribution in [1.82, 2.24) is 10.3 Å². The van der Waals surface area contributed by atoms with E-state index < -0.39 is 5.91 Å². The lowest BCUT2D eigenvalue weighted by molar-refractivity contribution is 0.1000. The van der Waals surface area contributed by atoms with Gasteiger partial charge in [0.15, 0.2) is 0 Å². The van der Waals surface area contributed by atoms with Crippen LogP contribution >= 0.6 is 0 Å². The van der Waals surface area contributed by atoms with E-state index in [0.717, 1.165) is 25.2 Å². The normalized spacial score (nSPS) is 23.6. The Morgan fingerprint density at radius 3 is 2.94 bits per heavy atom. The van der Waals surface area contributed by atoms with E-state index in [0.29, 0.717) is 11.4 Å². The van der Waals surface area contributed by atoms with Gasteiger partial charge in [0.2, 0.25) is 5.91 Å². The smallest absolute Gasteiger partial charge is 0.248 e. The predicted molar refractivity (Wildman–Crippen MR) is 67.0 cm³/mol. The first-order valence-electron chi connectivity index (χ1n) is 5.76. The number of primary amides is 1. The molecule has 2 heterocycles. The first kappa shape index (κ1) is 11.9. The van der Waals surface area contributed by atoms with Crippen molar-refractivity contribution < 1.29 is 4.79 Å². The summed E-state index contributed by atoms with van der Waals surface area (Å²) in [4.78, 5) is 15.6. The van der Waals surface area contributed by atoms with Gasteiger partial charge in [-0.15, -0.1) is 0 Å². The molecule has 1 fully saturated rings. The number of nitrogens with one attached hydrogen (secondary N) is 2. The summed E-state index contributed by atoms with van der Waals surface area (Å²) < 4.78 is 0. The molecule has 1 saturated heterocycles. The van der Waals surface area contributed by atoms with Gasteiger partial charge in [0.1, 0.15) is 5.82 Å². The lowest BCUT2D eigenvalue weighted by Crippen LogP contribution is -2.37. The molecule has 0 bridgehead atoms. The quantitative estimate of drug-likeness (QED) is 0.717. The minimum atomic E-state index is -0.423. The average molecular weight is 234 g/mol. The summed E-state index contributed by atoms with van der Waals surface area (Å²) in [6, 6.07) is 3.40. The van der Waals surface area contributed by atoms with Gasteiger partial charge in [-0.05, 0) is 38.9 Å². The highest BCUT2D eigenvalue weighted by atomic mass is 16.1. The maximum absolute atomic E-state index is 11.2. The van der Waals surface area contributed by atoms with Crippen molar-refractivity contribution in [2.75, 3.05) is 18.4 Å². The van der Waals surface area contributed by atoms with Crippen molar-refractivity contribution in [1.29, 1.82) is 0 Å². The molecule has 92 valence electrons. The van der Waals surface area contributed by atoms with Crippen LogP contribution in [0.2, 0.25) is 0 Å². The second-order valence-corrected chi connectivity index (χ2v) is 4.86. The molecule has 4 N–H and O–H groups in total. The highest BCUT2D eigenvalue weighted by Gasteiger charge is 2.28. The van der Waals surface area contributed by atoms with Crippen molar-refractivity contribution in [2.24, 2.45) is 5.73 Å². The molecule has 5 nitrogen and oxygen atoms in total. The zero-order valence-corrected chi connectivity index (χ0v) is 10.2. The number of nitrogens with two attached hydrogens (primary N) is 1. The molecule has 0 aromatic carbocycles. The fraction of sp³-hybridized carbons (Fsp3) is 0.500. The largest absolute Gasteiger partial charge is 0.366 e. The van der Waals surface area contributed by atoms with Crippen LogP contribution in [0, 0.1) is 6.92 Å². The minimum Gasteiger partial charge on any atom is -0.366 e. The van der Waals surface area contributed by atoms with E-state index in [9.17, 15) is 4.79 Å². The number of hydrogen-bond acceptors (Lipinski definition) is 4. The number of amides is 1. The summed E-state index contributed by atoms with van der Waals surface area (Å²) in [5.74, 6) is 0.290.